The van der Waals surface area contributed by atoms with Crippen LogP contribution in [0.15, 0.2) is 36.4 Å². The zero-order valence-corrected chi connectivity index (χ0v) is 20.5. The van der Waals surface area contributed by atoms with E-state index in [1.807, 2.05) is 0 Å². The highest BCUT2D eigenvalue weighted by Gasteiger charge is 2.12. The fourth-order valence-corrected chi connectivity index (χ4v) is 3.01. The van der Waals surface area contributed by atoms with Crippen molar-refractivity contribution in [1.82, 2.24) is 0 Å². The highest BCUT2D eigenvalue weighted by Crippen LogP contribution is 2.21. The van der Waals surface area contributed by atoms with Crippen LogP contribution in [0.2, 0.25) is 0 Å². The predicted octanol–water partition coefficient (Wildman–Crippen LogP) is 4.69. The van der Waals surface area contributed by atoms with Crippen molar-refractivity contribution < 1.29 is 38.1 Å². The number of halogens is 4. The number of carbonyl (C=O) groups excluding carboxylic acids is 4. The van der Waals surface area contributed by atoms with Crippen molar-refractivity contribution in [2.45, 2.75) is 0 Å². The summed E-state index contributed by atoms with van der Waals surface area (Å²) in [6, 6.07) is 8.14. The number of ether oxygens (including phenoxy) is 4. The van der Waals surface area contributed by atoms with Crippen LogP contribution in [-0.2, 0) is 9.47 Å². The van der Waals surface area contributed by atoms with E-state index < -0.39 is 21.0 Å². The van der Waals surface area contributed by atoms with E-state index in [0.717, 1.165) is 0 Å². The molecule has 0 aliphatic rings. The minimum absolute atomic E-state index is 0.0890. The number of hydrogen-bond donors (Lipinski definition) is 0. The smallest absolute Gasteiger partial charge is 0.252 e. The van der Waals surface area contributed by atoms with Crippen LogP contribution in [0.25, 0.3) is 0 Å². The highest BCUT2D eigenvalue weighted by atomic mass is 35.5. The van der Waals surface area contributed by atoms with E-state index in [1.54, 1.807) is 0 Å². The second kappa shape index (κ2) is 14.3. The molecule has 0 atom stereocenters. The fraction of sp³-hybridized carbons (Fsp3) is 0.273. The Morgan fingerprint density at radius 3 is 1.00 bits per heavy atom. The molecule has 0 unspecified atom stereocenters. The maximum Gasteiger partial charge on any atom is 0.252 e. The first-order chi connectivity index (χ1) is 16.2. The summed E-state index contributed by atoms with van der Waals surface area (Å²) >= 11 is 21.8. The third-order valence-electron chi connectivity index (χ3n) is 4.09. The number of carbonyl (C=O) groups is 4. The van der Waals surface area contributed by atoms with Crippen molar-refractivity contribution in [2.24, 2.45) is 0 Å². The van der Waals surface area contributed by atoms with Gasteiger partial charge >= 0.3 is 0 Å². The van der Waals surface area contributed by atoms with Gasteiger partial charge in [-0.15, -0.1) is 0 Å². The zero-order chi connectivity index (χ0) is 25.1. The molecule has 0 bridgehead atoms. The summed E-state index contributed by atoms with van der Waals surface area (Å²) in [5.74, 6) is 0.512. The van der Waals surface area contributed by atoms with Gasteiger partial charge in [0.05, 0.1) is 26.4 Å². The molecule has 0 amide bonds. The van der Waals surface area contributed by atoms with Crippen molar-refractivity contribution in [3.63, 3.8) is 0 Å². The first kappa shape index (κ1) is 28.0. The summed E-state index contributed by atoms with van der Waals surface area (Å²) in [6.45, 7) is 1.29. The molecule has 12 heteroatoms. The monoisotopic (exact) mass is 550 g/mol. The molecule has 0 radical (unpaired) electrons. The lowest BCUT2D eigenvalue weighted by molar-refractivity contribution is 0.0273. The number of rotatable bonds is 15. The van der Waals surface area contributed by atoms with E-state index in [2.05, 4.69) is 0 Å². The highest BCUT2D eigenvalue weighted by molar-refractivity contribution is 6.69. The first-order valence-corrected chi connectivity index (χ1v) is 11.2. The normalized spacial score (nSPS) is 10.6. The van der Waals surface area contributed by atoms with E-state index in [0.29, 0.717) is 0 Å². The number of benzene rings is 2. The molecule has 0 spiro atoms. The topological polar surface area (TPSA) is 105 Å². The Labute approximate surface area is 214 Å². The lowest BCUT2D eigenvalue weighted by Crippen LogP contribution is -2.14. The SMILES string of the molecule is O=C(Cl)c1cc(OCCOCCOCCOc2cc(C(=O)Cl)cc(C(=O)Cl)c2)cc(C(=O)Cl)c1. The van der Waals surface area contributed by atoms with Gasteiger partial charge in [-0.3, -0.25) is 19.2 Å². The largest absolute Gasteiger partial charge is 0.491 e. The van der Waals surface area contributed by atoms with E-state index in [1.165, 1.54) is 36.4 Å². The molecule has 2 aromatic carbocycles. The zero-order valence-electron chi connectivity index (χ0n) is 17.5. The average Bonchev–Trinajstić information content (AvgIpc) is 2.79. The van der Waals surface area contributed by atoms with Crippen LogP contribution >= 0.6 is 46.4 Å². The van der Waals surface area contributed by atoms with Gasteiger partial charge in [-0.1, -0.05) is 0 Å². The third kappa shape index (κ3) is 9.58. The molecular formula is C22H18Cl4O8. The van der Waals surface area contributed by atoms with Gasteiger partial charge < -0.3 is 18.9 Å². The Morgan fingerprint density at radius 1 is 0.471 bits per heavy atom. The van der Waals surface area contributed by atoms with Gasteiger partial charge in [0.15, 0.2) is 0 Å². The van der Waals surface area contributed by atoms with Crippen LogP contribution in [0.1, 0.15) is 41.4 Å². The molecule has 0 saturated carbocycles. The van der Waals surface area contributed by atoms with Gasteiger partial charge in [-0.05, 0) is 82.8 Å². The van der Waals surface area contributed by atoms with Crippen LogP contribution in [-0.4, -0.2) is 60.6 Å². The van der Waals surface area contributed by atoms with Crippen molar-refractivity contribution >= 4 is 67.4 Å². The maximum absolute atomic E-state index is 11.3. The van der Waals surface area contributed by atoms with Crippen LogP contribution < -0.4 is 9.47 Å². The van der Waals surface area contributed by atoms with Crippen LogP contribution in [0.3, 0.4) is 0 Å². The summed E-state index contributed by atoms with van der Waals surface area (Å²) in [6.07, 6.45) is 0. The Hall–Kier alpha value is -2.20. The van der Waals surface area contributed by atoms with Crippen LogP contribution in [0, 0.1) is 0 Å². The molecule has 0 saturated heterocycles. The maximum atomic E-state index is 11.3. The second-order valence-corrected chi connectivity index (χ2v) is 7.88. The van der Waals surface area contributed by atoms with E-state index in [-0.39, 0.29) is 73.4 Å². The molecule has 0 fully saturated rings. The second-order valence-electron chi connectivity index (χ2n) is 6.51. The lowest BCUT2D eigenvalue weighted by Gasteiger charge is -2.10. The van der Waals surface area contributed by atoms with E-state index in [4.69, 9.17) is 65.4 Å². The lowest BCUT2D eigenvalue weighted by atomic mass is 10.1. The number of hydrogen-bond acceptors (Lipinski definition) is 8. The van der Waals surface area contributed by atoms with Gasteiger partial charge in [-0.25, -0.2) is 0 Å². The van der Waals surface area contributed by atoms with Crippen molar-refractivity contribution in [3.05, 3.63) is 58.7 Å². The average molecular weight is 552 g/mol. The van der Waals surface area contributed by atoms with Gasteiger partial charge in [0, 0.05) is 22.3 Å². The Bertz CT molecular complexity index is 909. The van der Waals surface area contributed by atoms with Gasteiger partial charge in [0.1, 0.15) is 24.7 Å². The summed E-state index contributed by atoms with van der Waals surface area (Å²) in [7, 11) is 0. The standard InChI is InChI=1S/C22H18Cl4O8/c23-19(27)13-7-14(20(24)28)10-17(9-13)33-5-3-31-1-2-32-4-6-34-18-11-15(21(25)29)8-16(12-18)22(26)30/h7-12H,1-6H2. The first-order valence-electron chi connectivity index (χ1n) is 9.68. The molecule has 182 valence electrons. The molecule has 0 N–H and O–H groups in total. The quantitative estimate of drug-likeness (QED) is 0.232. The van der Waals surface area contributed by atoms with Crippen molar-refractivity contribution in [3.8, 4) is 11.5 Å². The molecule has 34 heavy (non-hydrogen) atoms. The summed E-state index contributed by atoms with van der Waals surface area (Å²) in [4.78, 5) is 45.3. The summed E-state index contributed by atoms with van der Waals surface area (Å²) in [5, 5.41) is -2.96. The fourth-order valence-electron chi connectivity index (χ4n) is 2.58. The van der Waals surface area contributed by atoms with Gasteiger partial charge in [0.2, 0.25) is 0 Å². The molecule has 8 nitrogen and oxygen atoms in total. The van der Waals surface area contributed by atoms with Crippen molar-refractivity contribution in [1.29, 1.82) is 0 Å². The summed E-state index contributed by atoms with van der Waals surface area (Å²) in [5.41, 5.74) is 0.356. The molecule has 2 rings (SSSR count). The minimum Gasteiger partial charge on any atom is -0.491 e. The molecule has 0 aliphatic heterocycles. The summed E-state index contributed by atoms with van der Waals surface area (Å²) < 4.78 is 21.7. The van der Waals surface area contributed by atoms with Crippen molar-refractivity contribution in [2.75, 3.05) is 39.6 Å². The Balaban J connectivity index is 1.64. The molecule has 2 aromatic rings. The Morgan fingerprint density at radius 2 is 0.735 bits per heavy atom. The van der Waals surface area contributed by atoms with Gasteiger partial charge in [0.25, 0.3) is 21.0 Å². The van der Waals surface area contributed by atoms with Gasteiger partial charge in [-0.2, -0.15) is 0 Å². The minimum atomic E-state index is -0.741. The molecule has 0 aromatic heterocycles. The third-order valence-corrected chi connectivity index (χ3v) is 4.96. The molecular weight excluding hydrogens is 534 g/mol. The van der Waals surface area contributed by atoms with E-state index >= 15 is 0 Å². The predicted molar refractivity (Wildman–Crippen MR) is 126 cm³/mol. The van der Waals surface area contributed by atoms with E-state index in [9.17, 15) is 19.2 Å². The molecule has 0 aliphatic carbocycles. The Kier molecular flexibility index (Phi) is 11.8. The van der Waals surface area contributed by atoms with Crippen LogP contribution in [0.5, 0.6) is 11.5 Å². The van der Waals surface area contributed by atoms with Crippen LogP contribution in [0.4, 0.5) is 0 Å². The molecule has 0 heterocycles.